The summed E-state index contributed by atoms with van der Waals surface area (Å²) in [5.41, 5.74) is 5.40. The van der Waals surface area contributed by atoms with Gasteiger partial charge in [0, 0.05) is 34.7 Å². The summed E-state index contributed by atoms with van der Waals surface area (Å²) in [4.78, 5) is 12.6. The first-order chi connectivity index (χ1) is 8.13. The molecule has 0 bridgehead atoms. The third-order valence-electron chi connectivity index (χ3n) is 2.28. The Bertz CT molecular complexity index is 356. The number of carbonyl (C=O) groups excluding carboxylic acids is 1. The first-order valence-electron chi connectivity index (χ1n) is 5.49. The first-order valence-corrected chi connectivity index (χ1v) is 6.86. The van der Waals surface area contributed by atoms with Crippen molar-refractivity contribution in [3.05, 3.63) is 29.3 Å². The largest absolute Gasteiger partial charge is 0.355 e. The Balaban J connectivity index is 2.20. The molecule has 0 saturated heterocycles. The number of carbonyl (C=O) groups is 1. The minimum atomic E-state index is -0.115. The molecule has 5 heteroatoms. The van der Waals surface area contributed by atoms with Crippen LogP contribution < -0.4 is 11.1 Å². The molecule has 3 N–H and O–H groups in total. The van der Waals surface area contributed by atoms with Crippen molar-refractivity contribution in [2.24, 2.45) is 11.7 Å². The fourth-order valence-corrected chi connectivity index (χ4v) is 2.05. The quantitative estimate of drug-likeness (QED) is 0.616. The highest BCUT2D eigenvalue weighted by Gasteiger charge is 2.09. The van der Waals surface area contributed by atoms with E-state index in [1.165, 1.54) is 0 Å². The van der Waals surface area contributed by atoms with Crippen LogP contribution >= 0.6 is 23.4 Å². The molecule has 0 spiro atoms. The maximum atomic E-state index is 11.4. The van der Waals surface area contributed by atoms with Crippen molar-refractivity contribution in [2.75, 3.05) is 18.8 Å². The van der Waals surface area contributed by atoms with Crippen LogP contribution in [0.3, 0.4) is 0 Å². The van der Waals surface area contributed by atoms with Crippen molar-refractivity contribution in [3.63, 3.8) is 0 Å². The fraction of sp³-hybridized carbons (Fsp3) is 0.417. The van der Waals surface area contributed by atoms with Gasteiger partial charge in [0.15, 0.2) is 0 Å². The number of benzene rings is 1. The van der Waals surface area contributed by atoms with Gasteiger partial charge >= 0.3 is 0 Å². The van der Waals surface area contributed by atoms with Crippen LogP contribution in [-0.4, -0.2) is 24.7 Å². The minimum Gasteiger partial charge on any atom is -0.355 e. The number of halogens is 1. The molecule has 17 heavy (non-hydrogen) atoms. The zero-order valence-electron chi connectivity index (χ0n) is 9.78. The normalized spacial score (nSPS) is 12.2. The second-order valence-corrected chi connectivity index (χ2v) is 5.33. The Morgan fingerprint density at radius 3 is 2.71 bits per heavy atom. The van der Waals surface area contributed by atoms with Crippen molar-refractivity contribution in [1.29, 1.82) is 0 Å². The van der Waals surface area contributed by atoms with E-state index in [0.717, 1.165) is 15.7 Å². The molecule has 1 amide bonds. The molecule has 0 saturated carbocycles. The van der Waals surface area contributed by atoms with Crippen LogP contribution in [0.5, 0.6) is 0 Å². The van der Waals surface area contributed by atoms with E-state index in [0.29, 0.717) is 13.1 Å². The van der Waals surface area contributed by atoms with E-state index in [1.54, 1.807) is 11.8 Å². The highest BCUT2D eigenvalue weighted by atomic mass is 35.5. The molecule has 3 nitrogen and oxygen atoms in total. The number of hydrogen-bond acceptors (Lipinski definition) is 3. The molecular weight excluding hydrogens is 256 g/mol. The number of nitrogens with two attached hydrogens (primary N) is 1. The summed E-state index contributed by atoms with van der Waals surface area (Å²) in [6.07, 6.45) is 0. The van der Waals surface area contributed by atoms with Crippen molar-refractivity contribution < 1.29 is 4.79 Å². The minimum absolute atomic E-state index is 0.0178. The summed E-state index contributed by atoms with van der Waals surface area (Å²) in [6.45, 7) is 2.86. The van der Waals surface area contributed by atoms with E-state index >= 15 is 0 Å². The molecule has 1 unspecified atom stereocenters. The van der Waals surface area contributed by atoms with E-state index < -0.39 is 0 Å². The molecule has 0 aliphatic carbocycles. The number of thioether (sulfide) groups is 1. The predicted octanol–water partition coefficient (Wildman–Crippen LogP) is 2.14. The van der Waals surface area contributed by atoms with Gasteiger partial charge in [-0.25, -0.2) is 0 Å². The van der Waals surface area contributed by atoms with E-state index in [2.05, 4.69) is 5.32 Å². The van der Waals surface area contributed by atoms with Gasteiger partial charge in [-0.15, -0.1) is 11.8 Å². The van der Waals surface area contributed by atoms with Crippen molar-refractivity contribution >= 4 is 29.3 Å². The lowest BCUT2D eigenvalue weighted by molar-refractivity contribution is -0.124. The summed E-state index contributed by atoms with van der Waals surface area (Å²) in [6, 6.07) is 7.66. The van der Waals surface area contributed by atoms with Crippen LogP contribution in [0.2, 0.25) is 5.02 Å². The summed E-state index contributed by atoms with van der Waals surface area (Å²) < 4.78 is 0. The molecule has 94 valence electrons. The van der Waals surface area contributed by atoms with Crippen molar-refractivity contribution in [1.82, 2.24) is 5.32 Å². The summed E-state index contributed by atoms with van der Waals surface area (Å²) >= 11 is 7.47. The smallest absolute Gasteiger partial charge is 0.224 e. The molecule has 1 rings (SSSR count). The Hall–Kier alpha value is -0.710. The molecular formula is C12H17ClN2OS. The van der Waals surface area contributed by atoms with Gasteiger partial charge in [0.05, 0.1) is 0 Å². The summed E-state index contributed by atoms with van der Waals surface area (Å²) in [5, 5.41) is 3.58. The van der Waals surface area contributed by atoms with Crippen molar-refractivity contribution in [3.8, 4) is 0 Å². The molecule has 0 aromatic heterocycles. The SMILES string of the molecule is CC(CN)C(=O)NCCSc1ccc(Cl)cc1. The lowest BCUT2D eigenvalue weighted by Gasteiger charge is -2.09. The number of rotatable bonds is 6. The molecule has 0 fully saturated rings. The van der Waals surface area contributed by atoms with Crippen LogP contribution in [0.4, 0.5) is 0 Å². The zero-order valence-corrected chi connectivity index (χ0v) is 11.4. The van der Waals surface area contributed by atoms with E-state index in [4.69, 9.17) is 17.3 Å². The predicted molar refractivity (Wildman–Crippen MR) is 73.4 cm³/mol. The van der Waals surface area contributed by atoms with Gasteiger partial charge < -0.3 is 11.1 Å². The van der Waals surface area contributed by atoms with Gasteiger partial charge in [0.25, 0.3) is 0 Å². The van der Waals surface area contributed by atoms with Gasteiger partial charge in [0.2, 0.25) is 5.91 Å². The van der Waals surface area contributed by atoms with Gasteiger partial charge in [-0.2, -0.15) is 0 Å². The molecule has 1 aromatic rings. The molecule has 0 radical (unpaired) electrons. The number of amides is 1. The highest BCUT2D eigenvalue weighted by molar-refractivity contribution is 7.99. The van der Waals surface area contributed by atoms with Crippen LogP contribution in [0.15, 0.2) is 29.2 Å². The lowest BCUT2D eigenvalue weighted by atomic mass is 10.2. The molecule has 1 atom stereocenters. The van der Waals surface area contributed by atoms with Crippen LogP contribution in [0.1, 0.15) is 6.92 Å². The van der Waals surface area contributed by atoms with Gasteiger partial charge in [-0.3, -0.25) is 4.79 Å². The number of hydrogen-bond donors (Lipinski definition) is 2. The lowest BCUT2D eigenvalue weighted by Crippen LogP contribution is -2.34. The van der Waals surface area contributed by atoms with Crippen molar-refractivity contribution in [2.45, 2.75) is 11.8 Å². The Labute approximate surface area is 111 Å². The molecule has 0 aliphatic heterocycles. The van der Waals surface area contributed by atoms with Crippen LogP contribution in [-0.2, 0) is 4.79 Å². The third kappa shape index (κ3) is 5.44. The molecule has 0 heterocycles. The molecule has 1 aromatic carbocycles. The zero-order chi connectivity index (χ0) is 12.7. The Morgan fingerprint density at radius 1 is 1.47 bits per heavy atom. The van der Waals surface area contributed by atoms with E-state index in [1.807, 2.05) is 31.2 Å². The summed E-state index contributed by atoms with van der Waals surface area (Å²) in [7, 11) is 0. The average Bonchev–Trinajstić information content (AvgIpc) is 2.35. The number of nitrogens with one attached hydrogen (secondary N) is 1. The highest BCUT2D eigenvalue weighted by Crippen LogP contribution is 2.19. The van der Waals surface area contributed by atoms with Crippen LogP contribution in [0, 0.1) is 5.92 Å². The average molecular weight is 273 g/mol. The van der Waals surface area contributed by atoms with Gasteiger partial charge in [-0.1, -0.05) is 18.5 Å². The van der Waals surface area contributed by atoms with Gasteiger partial charge in [-0.05, 0) is 24.3 Å². The fourth-order valence-electron chi connectivity index (χ4n) is 1.16. The Morgan fingerprint density at radius 2 is 2.12 bits per heavy atom. The first kappa shape index (κ1) is 14.4. The van der Waals surface area contributed by atoms with E-state index in [9.17, 15) is 4.79 Å². The second-order valence-electron chi connectivity index (χ2n) is 3.73. The maximum absolute atomic E-state index is 11.4. The summed E-state index contributed by atoms with van der Waals surface area (Å²) in [5.74, 6) is 0.740. The van der Waals surface area contributed by atoms with Gasteiger partial charge in [0.1, 0.15) is 0 Å². The molecule has 0 aliphatic rings. The maximum Gasteiger partial charge on any atom is 0.224 e. The van der Waals surface area contributed by atoms with E-state index in [-0.39, 0.29) is 11.8 Å². The third-order valence-corrected chi connectivity index (χ3v) is 3.55. The topological polar surface area (TPSA) is 55.1 Å². The second kappa shape index (κ2) is 7.58. The Kier molecular flexibility index (Phi) is 6.40. The standard InChI is InChI=1S/C12H17ClN2OS/c1-9(8-14)12(16)15-6-7-17-11-4-2-10(13)3-5-11/h2-5,9H,6-8,14H2,1H3,(H,15,16). The monoisotopic (exact) mass is 272 g/mol. The van der Waals surface area contributed by atoms with Crippen LogP contribution in [0.25, 0.3) is 0 Å².